The zero-order valence-electron chi connectivity index (χ0n) is 25.8. The van der Waals surface area contributed by atoms with Crippen LogP contribution in [0.4, 0.5) is 13.6 Å². The van der Waals surface area contributed by atoms with Gasteiger partial charge in [0.25, 0.3) is 5.92 Å². The molecule has 0 spiro atoms. The Kier molecular flexibility index (Phi) is 8.03. The van der Waals surface area contributed by atoms with Gasteiger partial charge in [0.15, 0.2) is 6.10 Å². The number of hydrogen-bond acceptors (Lipinski definition) is 5. The average molecular weight is 611 g/mol. The highest BCUT2D eigenvalue weighted by Crippen LogP contribution is 2.45. The number of carbonyl (C=O) groups is 1. The summed E-state index contributed by atoms with van der Waals surface area (Å²) in [5.74, 6) is -3.89. The zero-order valence-corrected chi connectivity index (χ0v) is 25.8. The number of aromatic nitrogens is 3. The quantitative estimate of drug-likeness (QED) is 0.194. The van der Waals surface area contributed by atoms with Crippen molar-refractivity contribution in [3.05, 3.63) is 114 Å². The van der Waals surface area contributed by atoms with Crippen molar-refractivity contribution in [1.82, 2.24) is 19.7 Å². The van der Waals surface area contributed by atoms with Crippen molar-refractivity contribution in [3.63, 3.8) is 0 Å². The van der Waals surface area contributed by atoms with Crippen LogP contribution < -0.4 is 4.74 Å². The number of carbonyl (C=O) groups excluding carboxylic acids is 1. The molecule has 2 aromatic heterocycles. The SMILES string of the molecule is Cn1nc(-c2cccnc2OC(c2ccccc2)c2ccccc2)c2cccc(C3CCN(C(=O)OC(C)(C)C)CC3(F)F)c21. The smallest absolute Gasteiger partial charge is 0.410 e. The Morgan fingerprint density at radius 1 is 0.933 bits per heavy atom. The second-order valence-corrected chi connectivity index (χ2v) is 12.4. The van der Waals surface area contributed by atoms with E-state index < -0.39 is 36.2 Å². The van der Waals surface area contributed by atoms with Crippen molar-refractivity contribution < 1.29 is 23.0 Å². The van der Waals surface area contributed by atoms with E-state index in [9.17, 15) is 4.79 Å². The van der Waals surface area contributed by atoms with Gasteiger partial charge < -0.3 is 14.4 Å². The molecule has 1 fully saturated rings. The maximum absolute atomic E-state index is 15.8. The van der Waals surface area contributed by atoms with Crippen molar-refractivity contribution >= 4 is 17.0 Å². The van der Waals surface area contributed by atoms with E-state index in [0.29, 0.717) is 33.6 Å². The predicted molar refractivity (Wildman–Crippen MR) is 169 cm³/mol. The Morgan fingerprint density at radius 2 is 1.60 bits per heavy atom. The van der Waals surface area contributed by atoms with Crippen LogP contribution in [-0.4, -0.2) is 50.4 Å². The Morgan fingerprint density at radius 3 is 2.22 bits per heavy atom. The molecule has 7 nitrogen and oxygen atoms in total. The summed E-state index contributed by atoms with van der Waals surface area (Å²) >= 11 is 0. The van der Waals surface area contributed by atoms with Gasteiger partial charge in [-0.2, -0.15) is 5.10 Å². The van der Waals surface area contributed by atoms with Gasteiger partial charge in [0.2, 0.25) is 5.88 Å². The number of likely N-dealkylation sites (tertiary alicyclic amines) is 1. The number of pyridine rings is 1. The number of piperidine rings is 1. The molecule has 0 saturated carbocycles. The molecule has 0 radical (unpaired) electrons. The molecule has 3 heterocycles. The Balaban J connectivity index is 1.36. The Labute approximate surface area is 261 Å². The van der Waals surface area contributed by atoms with Gasteiger partial charge in [-0.25, -0.2) is 18.6 Å². The van der Waals surface area contributed by atoms with Crippen molar-refractivity contribution in [3.8, 4) is 17.1 Å². The maximum atomic E-state index is 15.8. The number of hydrogen-bond donors (Lipinski definition) is 0. The van der Waals surface area contributed by atoms with E-state index in [1.165, 1.54) is 0 Å². The molecule has 0 bridgehead atoms. The molecular weight excluding hydrogens is 574 g/mol. The van der Waals surface area contributed by atoms with Gasteiger partial charge in [-0.05, 0) is 56.0 Å². The number of alkyl halides is 2. The second kappa shape index (κ2) is 12.0. The number of nitrogens with zero attached hydrogens (tertiary/aromatic N) is 4. The number of ether oxygens (including phenoxy) is 2. The normalized spacial score (nSPS) is 16.6. The molecule has 1 aliphatic rings. The van der Waals surface area contributed by atoms with Crippen LogP contribution in [0.2, 0.25) is 0 Å². The summed E-state index contributed by atoms with van der Waals surface area (Å²) < 4.78 is 45.3. The largest absolute Gasteiger partial charge is 0.464 e. The summed E-state index contributed by atoms with van der Waals surface area (Å²) in [5, 5.41) is 5.54. The molecule has 45 heavy (non-hydrogen) atoms. The fraction of sp³-hybridized carbons (Fsp3) is 0.306. The Bertz CT molecular complexity index is 1760. The number of amides is 1. The molecule has 1 amide bonds. The van der Waals surface area contributed by atoms with Crippen molar-refractivity contribution in [2.45, 2.75) is 50.7 Å². The van der Waals surface area contributed by atoms with Gasteiger partial charge >= 0.3 is 6.09 Å². The third-order valence-corrected chi connectivity index (χ3v) is 7.98. The number of fused-ring (bicyclic) bond motifs is 1. The average Bonchev–Trinajstić information content (AvgIpc) is 3.36. The number of halogens is 2. The highest BCUT2D eigenvalue weighted by molar-refractivity contribution is 5.96. The molecule has 9 heteroatoms. The van der Waals surface area contributed by atoms with Crippen molar-refractivity contribution in [2.24, 2.45) is 7.05 Å². The number of para-hydroxylation sites is 1. The minimum atomic E-state index is -3.17. The zero-order chi connectivity index (χ0) is 31.8. The number of aryl methyl sites for hydroxylation is 1. The monoisotopic (exact) mass is 610 g/mol. The van der Waals surface area contributed by atoms with Crippen LogP contribution >= 0.6 is 0 Å². The van der Waals surface area contributed by atoms with Crippen LogP contribution in [0.3, 0.4) is 0 Å². The standard InChI is InChI=1S/C36H36F2N4O3/c1-35(2,3)45-34(43)42-22-20-29(36(37,38)23-42)26-17-11-18-27-30(40-41(4)31(26)27)28-19-12-21-39-33(28)44-32(24-13-7-5-8-14-24)25-15-9-6-10-16-25/h5-19,21,29,32H,20,22-23H2,1-4H3. The molecule has 232 valence electrons. The predicted octanol–water partition coefficient (Wildman–Crippen LogP) is 8.16. The first-order valence-electron chi connectivity index (χ1n) is 15.0. The van der Waals surface area contributed by atoms with Gasteiger partial charge in [-0.15, -0.1) is 0 Å². The molecule has 0 N–H and O–H groups in total. The van der Waals surface area contributed by atoms with E-state index in [2.05, 4.69) is 4.98 Å². The number of benzene rings is 3. The Hall–Kier alpha value is -4.79. The van der Waals surface area contributed by atoms with Gasteiger partial charge in [-0.1, -0.05) is 78.9 Å². The van der Waals surface area contributed by atoms with Crippen molar-refractivity contribution in [1.29, 1.82) is 0 Å². The topological polar surface area (TPSA) is 69.5 Å². The molecule has 1 unspecified atom stereocenters. The van der Waals surface area contributed by atoms with E-state index in [1.807, 2.05) is 78.9 Å². The molecule has 6 rings (SSSR count). The third-order valence-electron chi connectivity index (χ3n) is 7.98. The van der Waals surface area contributed by atoms with E-state index in [1.54, 1.807) is 50.8 Å². The van der Waals surface area contributed by atoms with Crippen molar-refractivity contribution in [2.75, 3.05) is 13.1 Å². The van der Waals surface area contributed by atoms with Crippen LogP contribution in [0, 0.1) is 0 Å². The molecule has 5 aromatic rings. The van der Waals surface area contributed by atoms with E-state index in [4.69, 9.17) is 14.6 Å². The summed E-state index contributed by atoms with van der Waals surface area (Å²) in [5.41, 5.74) is 3.51. The highest BCUT2D eigenvalue weighted by atomic mass is 19.3. The third kappa shape index (κ3) is 6.25. The van der Waals surface area contributed by atoms with Crippen LogP contribution in [0.5, 0.6) is 5.88 Å². The van der Waals surface area contributed by atoms with Crippen LogP contribution in [-0.2, 0) is 11.8 Å². The molecule has 1 atom stereocenters. The van der Waals surface area contributed by atoms with Crippen LogP contribution in [0.15, 0.2) is 97.2 Å². The number of rotatable bonds is 6. The van der Waals surface area contributed by atoms with Gasteiger partial charge in [0.05, 0.1) is 23.5 Å². The summed E-state index contributed by atoms with van der Waals surface area (Å²) in [6.45, 7) is 4.61. The van der Waals surface area contributed by atoms with Gasteiger partial charge in [-0.3, -0.25) is 4.68 Å². The lowest BCUT2D eigenvalue weighted by Crippen LogP contribution is -2.51. The fourth-order valence-corrected chi connectivity index (χ4v) is 6.01. The van der Waals surface area contributed by atoms with Crippen LogP contribution in [0.1, 0.15) is 55.9 Å². The van der Waals surface area contributed by atoms with Gasteiger partial charge in [0.1, 0.15) is 11.3 Å². The lowest BCUT2D eigenvalue weighted by Gasteiger charge is -2.39. The first-order valence-corrected chi connectivity index (χ1v) is 15.0. The highest BCUT2D eigenvalue weighted by Gasteiger charge is 2.48. The molecule has 1 aliphatic heterocycles. The molecular formula is C36H36F2N4O3. The first-order chi connectivity index (χ1) is 21.5. The minimum Gasteiger partial charge on any atom is -0.464 e. The molecule has 3 aromatic carbocycles. The lowest BCUT2D eigenvalue weighted by atomic mass is 9.85. The minimum absolute atomic E-state index is 0.0863. The van der Waals surface area contributed by atoms with Gasteiger partial charge in [0, 0.05) is 25.2 Å². The molecule has 1 saturated heterocycles. The summed E-state index contributed by atoms with van der Waals surface area (Å²) in [4.78, 5) is 18.3. The first kappa shape index (κ1) is 30.2. The lowest BCUT2D eigenvalue weighted by molar-refractivity contribution is -0.0846. The van der Waals surface area contributed by atoms with E-state index in [-0.39, 0.29) is 13.0 Å². The van der Waals surface area contributed by atoms with Crippen LogP contribution in [0.25, 0.3) is 22.2 Å². The second-order valence-electron chi connectivity index (χ2n) is 12.4. The fourth-order valence-electron chi connectivity index (χ4n) is 6.01. The maximum Gasteiger partial charge on any atom is 0.410 e. The molecule has 0 aliphatic carbocycles. The van der Waals surface area contributed by atoms with E-state index in [0.717, 1.165) is 16.0 Å². The van der Waals surface area contributed by atoms with E-state index >= 15 is 8.78 Å². The summed E-state index contributed by atoms with van der Waals surface area (Å²) in [7, 11) is 1.76. The summed E-state index contributed by atoms with van der Waals surface area (Å²) in [6, 6.07) is 28.9. The summed E-state index contributed by atoms with van der Waals surface area (Å²) in [6.07, 6.45) is 0.597.